The summed E-state index contributed by atoms with van der Waals surface area (Å²) in [5.41, 5.74) is 2.48. The molecule has 1 aromatic carbocycles. The van der Waals surface area contributed by atoms with Gasteiger partial charge < -0.3 is 14.6 Å². The van der Waals surface area contributed by atoms with Crippen LogP contribution in [-0.4, -0.2) is 39.0 Å². The second-order valence-electron chi connectivity index (χ2n) is 11.5. The Balaban J connectivity index is 1.14. The fraction of sp³-hybridized carbons (Fsp3) is 0.533. The zero-order chi connectivity index (χ0) is 27.0. The molecule has 39 heavy (non-hydrogen) atoms. The summed E-state index contributed by atoms with van der Waals surface area (Å²) in [7, 11) is 0. The standard InChI is InChI=1S/C30H36N4O3S2/c1-3-34-24(16-30-13-19-10-20(14-30)12-21(11-19)15-30)32-33-29(34)39-18-25(35)31-27-26(28(36)37-4-2)23(17-38-27)22-8-6-5-7-9-22/h5-9,17,19-21H,3-4,10-16,18H2,1-2H3,(H,31,35). The van der Waals surface area contributed by atoms with Gasteiger partial charge in [-0.25, -0.2) is 4.79 Å². The lowest BCUT2D eigenvalue weighted by atomic mass is 9.49. The molecule has 0 saturated heterocycles. The van der Waals surface area contributed by atoms with Crippen molar-refractivity contribution >= 4 is 40.0 Å². The van der Waals surface area contributed by atoms with E-state index < -0.39 is 5.97 Å². The molecule has 3 aromatic rings. The maximum atomic E-state index is 13.0. The highest BCUT2D eigenvalue weighted by atomic mass is 32.2. The van der Waals surface area contributed by atoms with Crippen LogP contribution in [0, 0.1) is 23.2 Å². The summed E-state index contributed by atoms with van der Waals surface area (Å²) in [4.78, 5) is 25.9. The fourth-order valence-corrected chi connectivity index (χ4v) is 9.49. The van der Waals surface area contributed by atoms with Gasteiger partial charge in [-0.1, -0.05) is 42.1 Å². The number of carbonyl (C=O) groups is 2. The number of rotatable bonds is 10. The van der Waals surface area contributed by atoms with Gasteiger partial charge in [0.1, 0.15) is 16.4 Å². The van der Waals surface area contributed by atoms with Crippen LogP contribution in [0.3, 0.4) is 0 Å². The molecule has 0 aliphatic heterocycles. The highest BCUT2D eigenvalue weighted by Gasteiger charge is 2.51. The number of nitrogens with one attached hydrogen (secondary N) is 1. The Bertz CT molecular complexity index is 1310. The van der Waals surface area contributed by atoms with Crippen LogP contribution >= 0.6 is 23.1 Å². The second-order valence-corrected chi connectivity index (χ2v) is 13.3. The van der Waals surface area contributed by atoms with Crippen LogP contribution in [0.15, 0.2) is 40.9 Å². The van der Waals surface area contributed by atoms with Crippen molar-refractivity contribution in [3.8, 4) is 11.1 Å². The van der Waals surface area contributed by atoms with Crippen LogP contribution in [0.4, 0.5) is 5.00 Å². The average Bonchev–Trinajstić information content (AvgIpc) is 3.50. The third kappa shape index (κ3) is 5.40. The normalized spacial score (nSPS) is 25.1. The van der Waals surface area contributed by atoms with Crippen molar-refractivity contribution in [3.05, 3.63) is 47.1 Å². The van der Waals surface area contributed by atoms with Crippen molar-refractivity contribution in [1.29, 1.82) is 0 Å². The highest BCUT2D eigenvalue weighted by molar-refractivity contribution is 7.99. The van der Waals surface area contributed by atoms with Crippen LogP contribution in [0.1, 0.15) is 68.6 Å². The van der Waals surface area contributed by atoms with E-state index in [9.17, 15) is 9.59 Å². The topological polar surface area (TPSA) is 86.1 Å². The molecule has 7 nitrogen and oxygen atoms in total. The SMILES string of the molecule is CCOC(=O)c1c(-c2ccccc2)csc1NC(=O)CSc1nnc(CC23CC4CC(CC(C4)C2)C3)n1CC. The predicted octanol–water partition coefficient (Wildman–Crippen LogP) is 6.69. The maximum Gasteiger partial charge on any atom is 0.341 e. The summed E-state index contributed by atoms with van der Waals surface area (Å²) in [6.07, 6.45) is 9.34. The van der Waals surface area contributed by atoms with Gasteiger partial charge in [0.2, 0.25) is 5.91 Å². The molecule has 4 aliphatic rings. The number of ether oxygens (including phenoxy) is 1. The molecular formula is C30H36N4O3S2. The number of benzene rings is 1. The van der Waals surface area contributed by atoms with Crippen LogP contribution in [0.25, 0.3) is 11.1 Å². The van der Waals surface area contributed by atoms with E-state index in [1.165, 1.54) is 61.6 Å². The summed E-state index contributed by atoms with van der Waals surface area (Å²) >= 11 is 2.75. The number of thioether (sulfide) groups is 1. The summed E-state index contributed by atoms with van der Waals surface area (Å²) in [6, 6.07) is 9.69. The van der Waals surface area contributed by atoms with E-state index in [2.05, 4.69) is 27.0 Å². The summed E-state index contributed by atoms with van der Waals surface area (Å²) < 4.78 is 7.52. The molecule has 0 unspecified atom stereocenters. The van der Waals surface area contributed by atoms with Crippen LogP contribution in [0.5, 0.6) is 0 Å². The Hall–Kier alpha value is -2.65. The summed E-state index contributed by atoms with van der Waals surface area (Å²) in [5, 5.41) is 15.3. The molecule has 9 heteroatoms. The minimum Gasteiger partial charge on any atom is -0.462 e. The Labute approximate surface area is 238 Å². The summed E-state index contributed by atoms with van der Waals surface area (Å²) in [5.74, 6) is 3.37. The first-order valence-corrected chi connectivity index (χ1v) is 16.0. The number of nitrogens with zero attached hydrogens (tertiary/aromatic N) is 3. The average molecular weight is 565 g/mol. The van der Waals surface area contributed by atoms with E-state index >= 15 is 0 Å². The van der Waals surface area contributed by atoms with E-state index in [1.807, 2.05) is 35.7 Å². The van der Waals surface area contributed by atoms with Gasteiger partial charge in [-0.05, 0) is 81.1 Å². The zero-order valence-electron chi connectivity index (χ0n) is 22.7. The quantitative estimate of drug-likeness (QED) is 0.218. The molecule has 1 N–H and O–H groups in total. The van der Waals surface area contributed by atoms with E-state index in [-0.39, 0.29) is 18.3 Å². The van der Waals surface area contributed by atoms with Gasteiger partial charge in [-0.15, -0.1) is 21.5 Å². The molecule has 4 fully saturated rings. The number of hydrogen-bond acceptors (Lipinski definition) is 7. The van der Waals surface area contributed by atoms with Crippen LogP contribution in [0.2, 0.25) is 0 Å². The lowest BCUT2D eigenvalue weighted by Gasteiger charge is -2.56. The Morgan fingerprint density at radius 3 is 2.41 bits per heavy atom. The molecule has 206 valence electrons. The number of esters is 1. The molecule has 4 bridgehead atoms. The largest absolute Gasteiger partial charge is 0.462 e. The van der Waals surface area contributed by atoms with E-state index in [4.69, 9.17) is 4.74 Å². The molecule has 0 atom stereocenters. The molecular weight excluding hydrogens is 528 g/mol. The maximum absolute atomic E-state index is 13.0. The molecule has 2 aromatic heterocycles. The minimum atomic E-state index is -0.430. The monoisotopic (exact) mass is 564 g/mol. The fourth-order valence-electron chi connectivity index (χ4n) is 7.69. The van der Waals surface area contributed by atoms with Gasteiger partial charge in [-0.2, -0.15) is 0 Å². The van der Waals surface area contributed by atoms with Crippen molar-refractivity contribution in [1.82, 2.24) is 14.8 Å². The van der Waals surface area contributed by atoms with Crippen LogP contribution in [-0.2, 0) is 22.5 Å². The van der Waals surface area contributed by atoms with Crippen molar-refractivity contribution in [2.24, 2.45) is 23.2 Å². The van der Waals surface area contributed by atoms with E-state index in [0.29, 0.717) is 16.0 Å². The number of carbonyl (C=O) groups excluding carboxylic acids is 2. The van der Waals surface area contributed by atoms with Gasteiger partial charge in [0.15, 0.2) is 5.16 Å². The van der Waals surface area contributed by atoms with E-state index in [1.54, 1.807) is 6.92 Å². The Morgan fingerprint density at radius 2 is 1.77 bits per heavy atom. The smallest absolute Gasteiger partial charge is 0.341 e. The molecule has 1 amide bonds. The first-order chi connectivity index (χ1) is 19.0. The number of hydrogen-bond donors (Lipinski definition) is 1. The highest BCUT2D eigenvalue weighted by Crippen LogP contribution is 2.61. The van der Waals surface area contributed by atoms with Gasteiger partial charge >= 0.3 is 5.97 Å². The molecule has 7 rings (SSSR count). The molecule has 2 heterocycles. The van der Waals surface area contributed by atoms with Crippen molar-refractivity contribution in [2.75, 3.05) is 17.7 Å². The molecule has 0 radical (unpaired) electrons. The molecule has 4 saturated carbocycles. The number of aromatic nitrogens is 3. The molecule has 4 aliphatic carbocycles. The predicted molar refractivity (Wildman–Crippen MR) is 155 cm³/mol. The third-order valence-electron chi connectivity index (χ3n) is 8.75. The first kappa shape index (κ1) is 26.6. The van der Waals surface area contributed by atoms with Gasteiger partial charge in [0.05, 0.1) is 12.4 Å². The van der Waals surface area contributed by atoms with Crippen molar-refractivity contribution < 1.29 is 14.3 Å². The van der Waals surface area contributed by atoms with Gasteiger partial charge in [0, 0.05) is 23.9 Å². The Kier molecular flexibility index (Phi) is 7.55. The lowest BCUT2D eigenvalue weighted by Crippen LogP contribution is -2.47. The number of amides is 1. The van der Waals surface area contributed by atoms with Crippen molar-refractivity contribution in [2.45, 2.75) is 70.5 Å². The lowest BCUT2D eigenvalue weighted by molar-refractivity contribution is -0.113. The van der Waals surface area contributed by atoms with Crippen molar-refractivity contribution in [3.63, 3.8) is 0 Å². The van der Waals surface area contributed by atoms with Crippen LogP contribution < -0.4 is 5.32 Å². The third-order valence-corrected chi connectivity index (χ3v) is 10.6. The number of anilines is 1. The minimum absolute atomic E-state index is 0.180. The zero-order valence-corrected chi connectivity index (χ0v) is 24.3. The second kappa shape index (κ2) is 11.1. The molecule has 0 spiro atoms. The number of thiophene rings is 1. The van der Waals surface area contributed by atoms with Gasteiger partial charge in [-0.3, -0.25) is 4.79 Å². The summed E-state index contributed by atoms with van der Waals surface area (Å²) in [6.45, 7) is 4.96. The van der Waals surface area contributed by atoms with Gasteiger partial charge in [0.25, 0.3) is 0 Å². The van der Waals surface area contributed by atoms with E-state index in [0.717, 1.165) is 52.8 Å². The Morgan fingerprint density at radius 1 is 1.08 bits per heavy atom. The first-order valence-electron chi connectivity index (χ1n) is 14.2.